The van der Waals surface area contributed by atoms with Crippen LogP contribution in [0.3, 0.4) is 0 Å². The van der Waals surface area contributed by atoms with Crippen LogP contribution in [-0.2, 0) is 0 Å². The van der Waals surface area contributed by atoms with E-state index >= 15 is 0 Å². The van der Waals surface area contributed by atoms with Crippen molar-refractivity contribution in [2.24, 2.45) is 11.8 Å². The van der Waals surface area contributed by atoms with Gasteiger partial charge in [0.1, 0.15) is 12.5 Å². The van der Waals surface area contributed by atoms with Gasteiger partial charge in [0.2, 0.25) is 0 Å². The molecule has 6 aromatic carbocycles. The number of rotatable bonds is 15. The van der Waals surface area contributed by atoms with Crippen LogP contribution in [0.15, 0.2) is 182 Å². The average molecular weight is 777 g/mol. The number of hydrogen-bond donors (Lipinski definition) is 4. The number of nitrogens with one attached hydrogen (secondary N) is 2. The molecule has 8 unspecified atom stereocenters. The molecule has 8 rings (SSSR count). The highest BCUT2D eigenvalue weighted by Gasteiger charge is 2.43. The molecule has 0 saturated heterocycles. The largest absolute Gasteiger partial charge is 0.378 e. The van der Waals surface area contributed by atoms with E-state index in [4.69, 9.17) is 0 Å². The second kappa shape index (κ2) is 19.0. The number of aliphatic hydroxyl groups excluding tert-OH is 2. The molecule has 4 nitrogen and oxygen atoms in total. The smallest absolute Gasteiger partial charge is 0.108 e. The minimum absolute atomic E-state index is 0.0774. The molecule has 0 aliphatic heterocycles. The fourth-order valence-electron chi connectivity index (χ4n) is 9.44. The van der Waals surface area contributed by atoms with E-state index < -0.39 is 28.3 Å². The third kappa shape index (κ3) is 8.93. The minimum Gasteiger partial charge on any atom is -0.378 e. The zero-order chi connectivity index (χ0) is 38.1. The van der Waals surface area contributed by atoms with E-state index in [-0.39, 0.29) is 23.9 Å². The van der Waals surface area contributed by atoms with Gasteiger partial charge in [0, 0.05) is 11.8 Å². The fourth-order valence-corrected chi connectivity index (χ4v) is 15.8. The van der Waals surface area contributed by atoms with Crippen LogP contribution in [0.2, 0.25) is 0 Å². The fraction of sp³-hybridized carbons (Fsp3) is 0.280. The highest BCUT2D eigenvalue weighted by Crippen LogP contribution is 2.52. The molecule has 6 aromatic rings. The molecule has 6 heteroatoms. The summed E-state index contributed by atoms with van der Waals surface area (Å²) in [6.45, 7) is 0. The predicted octanol–water partition coefficient (Wildman–Crippen LogP) is 8.89. The van der Waals surface area contributed by atoms with Gasteiger partial charge in [0.15, 0.2) is 0 Å². The lowest BCUT2D eigenvalue weighted by Crippen LogP contribution is -2.49. The third-order valence-corrected chi connectivity index (χ3v) is 18.1. The molecule has 0 spiro atoms. The van der Waals surface area contributed by atoms with Crippen LogP contribution >= 0.6 is 15.8 Å². The molecule has 2 saturated carbocycles. The van der Waals surface area contributed by atoms with E-state index in [1.165, 1.54) is 21.2 Å². The molecule has 2 aliphatic carbocycles. The van der Waals surface area contributed by atoms with Crippen LogP contribution < -0.4 is 31.9 Å². The highest BCUT2D eigenvalue weighted by molar-refractivity contribution is 7.74. The van der Waals surface area contributed by atoms with Crippen molar-refractivity contribution >= 4 is 37.1 Å². The average Bonchev–Trinajstić information content (AvgIpc) is 3.96. The second-order valence-corrected chi connectivity index (χ2v) is 20.3. The Kier molecular flexibility index (Phi) is 13.2. The van der Waals surface area contributed by atoms with E-state index in [2.05, 4.69) is 193 Å². The van der Waals surface area contributed by atoms with E-state index in [1.807, 2.05) is 0 Å². The van der Waals surface area contributed by atoms with Crippen LogP contribution in [0.5, 0.6) is 0 Å². The summed E-state index contributed by atoms with van der Waals surface area (Å²) >= 11 is 0. The van der Waals surface area contributed by atoms with Crippen molar-refractivity contribution in [2.45, 2.75) is 74.4 Å². The minimum atomic E-state index is -0.737. The topological polar surface area (TPSA) is 64.5 Å². The summed E-state index contributed by atoms with van der Waals surface area (Å²) < 4.78 is 0. The molecule has 2 fully saturated rings. The van der Waals surface area contributed by atoms with Gasteiger partial charge in [0.05, 0.1) is 12.1 Å². The third-order valence-electron chi connectivity index (χ3n) is 12.0. The van der Waals surface area contributed by atoms with Gasteiger partial charge in [-0.3, -0.25) is 10.6 Å². The van der Waals surface area contributed by atoms with Crippen LogP contribution in [0.1, 0.15) is 61.7 Å². The monoisotopic (exact) mass is 776 g/mol. The first-order valence-electron chi connectivity index (χ1n) is 20.4. The summed E-state index contributed by atoms with van der Waals surface area (Å²) in [5.74, 6) is 0.155. The molecule has 0 radical (unpaired) electrons. The van der Waals surface area contributed by atoms with Gasteiger partial charge in [-0.05, 0) is 85.2 Å². The first-order chi connectivity index (χ1) is 27.7. The maximum atomic E-state index is 12.5. The van der Waals surface area contributed by atoms with Gasteiger partial charge in [-0.15, -0.1) is 0 Å². The van der Waals surface area contributed by atoms with Gasteiger partial charge in [0.25, 0.3) is 0 Å². The lowest BCUT2D eigenvalue weighted by atomic mass is 9.91. The maximum Gasteiger partial charge on any atom is 0.108 e. The normalized spacial score (nSPS) is 21.9. The Bertz CT molecular complexity index is 1810. The lowest BCUT2D eigenvalue weighted by molar-refractivity contribution is 0.0359. The summed E-state index contributed by atoms with van der Waals surface area (Å²) in [5, 5.41) is 38.2. The first kappa shape index (κ1) is 38.9. The molecule has 0 amide bonds. The summed E-state index contributed by atoms with van der Waals surface area (Å²) in [4.78, 5) is 0. The van der Waals surface area contributed by atoms with E-state index in [9.17, 15) is 10.2 Å². The highest BCUT2D eigenvalue weighted by atomic mass is 31.1. The zero-order valence-corrected chi connectivity index (χ0v) is 33.8. The Morgan fingerprint density at radius 2 is 0.643 bits per heavy atom. The van der Waals surface area contributed by atoms with Crippen molar-refractivity contribution in [3.8, 4) is 0 Å². The quantitative estimate of drug-likeness (QED) is 0.0622. The van der Waals surface area contributed by atoms with Crippen molar-refractivity contribution < 1.29 is 10.2 Å². The summed E-state index contributed by atoms with van der Waals surface area (Å²) in [6.07, 6.45) is 4.82. The second-order valence-electron chi connectivity index (χ2n) is 15.4. The number of benzene rings is 6. The van der Waals surface area contributed by atoms with E-state index in [1.54, 1.807) is 0 Å². The van der Waals surface area contributed by atoms with E-state index in [0.29, 0.717) is 11.3 Å². The molecule has 4 N–H and O–H groups in total. The van der Waals surface area contributed by atoms with Crippen LogP contribution in [0.4, 0.5) is 0 Å². The van der Waals surface area contributed by atoms with Gasteiger partial charge < -0.3 is 10.2 Å². The van der Waals surface area contributed by atoms with Crippen molar-refractivity contribution in [1.29, 1.82) is 0 Å². The van der Waals surface area contributed by atoms with Crippen molar-refractivity contribution in [2.75, 3.05) is 0 Å². The Hall–Kier alpha value is -3.98. The first-order valence-corrected chi connectivity index (χ1v) is 23.2. The summed E-state index contributed by atoms with van der Waals surface area (Å²) in [5.41, 5.74) is 2.83. The molecule has 56 heavy (non-hydrogen) atoms. The van der Waals surface area contributed by atoms with Gasteiger partial charge in [-0.2, -0.15) is 0 Å². The molecule has 0 aromatic heterocycles. The van der Waals surface area contributed by atoms with Crippen molar-refractivity contribution in [3.63, 3.8) is 0 Å². The Morgan fingerprint density at radius 1 is 0.375 bits per heavy atom. The summed E-state index contributed by atoms with van der Waals surface area (Å²) in [6, 6.07) is 64.2. The Balaban J connectivity index is 1.11. The molecule has 8 atom stereocenters. The van der Waals surface area contributed by atoms with Crippen LogP contribution in [0.25, 0.3) is 0 Å². The molecule has 0 heterocycles. The van der Waals surface area contributed by atoms with E-state index in [0.717, 1.165) is 49.7 Å². The van der Waals surface area contributed by atoms with Crippen LogP contribution in [-0.4, -0.2) is 34.0 Å². The summed E-state index contributed by atoms with van der Waals surface area (Å²) in [7, 11) is -1.37. The van der Waals surface area contributed by atoms with Gasteiger partial charge in [-0.25, -0.2) is 0 Å². The Labute approximate surface area is 336 Å². The maximum absolute atomic E-state index is 12.5. The molecule has 2 aliphatic rings. The SMILES string of the molecule is OC(NC(c1ccccc1)C(NC(O)C1CCCC1P(c1ccccc1)c1ccccc1)c1ccccc1)C1CCCC1P(c1ccccc1)c1ccccc1. The lowest BCUT2D eigenvalue weighted by Gasteiger charge is -2.39. The molecular weight excluding hydrogens is 723 g/mol. The molecule has 286 valence electrons. The predicted molar refractivity (Wildman–Crippen MR) is 237 cm³/mol. The number of hydrogen-bond acceptors (Lipinski definition) is 4. The zero-order valence-electron chi connectivity index (χ0n) is 32.0. The Morgan fingerprint density at radius 3 is 0.929 bits per heavy atom. The number of aliphatic hydroxyl groups is 2. The standard InChI is InChI=1S/C50H54N2O2P2/c53-49(43-33-19-35-45(43)55(39-25-11-3-12-26-39)40-27-13-4-14-28-40)51-47(37-21-7-1-8-22-37)48(38-23-9-2-10-24-38)52-50(54)44-34-20-36-46(44)56(41-29-15-5-16-30-41)42-31-17-6-18-32-42/h1-18,21-32,43-54H,19-20,33-36H2. The van der Waals surface area contributed by atoms with Gasteiger partial charge in [-0.1, -0.05) is 195 Å². The van der Waals surface area contributed by atoms with Gasteiger partial charge >= 0.3 is 0 Å². The van der Waals surface area contributed by atoms with Crippen molar-refractivity contribution in [3.05, 3.63) is 193 Å². The molecule has 0 bridgehead atoms. The molecular formula is C50H54N2O2P2. The van der Waals surface area contributed by atoms with Crippen molar-refractivity contribution in [1.82, 2.24) is 10.6 Å². The van der Waals surface area contributed by atoms with Crippen LogP contribution in [0, 0.1) is 11.8 Å².